The molecule has 2 N–H and O–H groups in total. The molecule has 0 spiro atoms. The smallest absolute Gasteiger partial charge is 0.251 e. The van der Waals surface area contributed by atoms with Crippen LogP contribution in [0.5, 0.6) is 0 Å². The van der Waals surface area contributed by atoms with Crippen molar-refractivity contribution < 1.29 is 9.59 Å². The average molecular weight is 308 g/mol. The molecule has 1 saturated carbocycles. The molecule has 23 heavy (non-hydrogen) atoms. The van der Waals surface area contributed by atoms with Crippen LogP contribution in [0, 0.1) is 5.92 Å². The zero-order valence-corrected chi connectivity index (χ0v) is 12.9. The lowest BCUT2D eigenvalue weighted by Gasteiger charge is -2.19. The normalized spacial score (nSPS) is 14.8. The van der Waals surface area contributed by atoms with Gasteiger partial charge in [0.1, 0.15) is 0 Å². The summed E-state index contributed by atoms with van der Waals surface area (Å²) in [6.45, 7) is 0.455. The van der Waals surface area contributed by atoms with E-state index in [2.05, 4.69) is 10.6 Å². The van der Waals surface area contributed by atoms with Gasteiger partial charge in [0, 0.05) is 23.7 Å². The van der Waals surface area contributed by atoms with Crippen molar-refractivity contribution in [3.63, 3.8) is 0 Å². The van der Waals surface area contributed by atoms with Gasteiger partial charge in [-0.15, -0.1) is 0 Å². The standard InChI is InChI=1S/C19H20N2O2/c22-18(15-7-3-1-4-8-15)20-13-17(14-11-12-14)21-19(23)16-9-5-2-6-10-16/h1-10,14,17H,11-13H2,(H,20,22)(H,21,23)/t17-/m1/s1. The summed E-state index contributed by atoms with van der Waals surface area (Å²) < 4.78 is 0. The van der Waals surface area contributed by atoms with Gasteiger partial charge in [-0.1, -0.05) is 36.4 Å². The van der Waals surface area contributed by atoms with Gasteiger partial charge < -0.3 is 10.6 Å². The quantitative estimate of drug-likeness (QED) is 0.862. The monoisotopic (exact) mass is 308 g/mol. The summed E-state index contributed by atoms with van der Waals surface area (Å²) in [6, 6.07) is 18.3. The van der Waals surface area contributed by atoms with Crippen molar-refractivity contribution in [2.24, 2.45) is 5.92 Å². The van der Waals surface area contributed by atoms with E-state index in [4.69, 9.17) is 0 Å². The van der Waals surface area contributed by atoms with Crippen LogP contribution in [-0.2, 0) is 0 Å². The largest absolute Gasteiger partial charge is 0.350 e. The van der Waals surface area contributed by atoms with Gasteiger partial charge in [-0.05, 0) is 43.0 Å². The number of benzene rings is 2. The van der Waals surface area contributed by atoms with Crippen molar-refractivity contribution >= 4 is 11.8 Å². The van der Waals surface area contributed by atoms with Crippen LogP contribution in [0.2, 0.25) is 0 Å². The number of nitrogens with one attached hydrogen (secondary N) is 2. The number of hydrogen-bond donors (Lipinski definition) is 2. The predicted octanol–water partition coefficient (Wildman–Crippen LogP) is 2.63. The third-order valence-electron chi connectivity index (χ3n) is 4.06. The molecule has 1 aliphatic carbocycles. The maximum atomic E-state index is 12.3. The van der Waals surface area contributed by atoms with Gasteiger partial charge in [0.25, 0.3) is 11.8 Å². The molecule has 0 bridgehead atoms. The summed E-state index contributed by atoms with van der Waals surface area (Å²) in [5, 5.41) is 5.97. The first-order valence-corrected chi connectivity index (χ1v) is 7.93. The molecule has 0 unspecified atom stereocenters. The lowest BCUT2D eigenvalue weighted by Crippen LogP contribution is -2.45. The average Bonchev–Trinajstić information content (AvgIpc) is 3.44. The Morgan fingerprint density at radius 2 is 1.39 bits per heavy atom. The Bertz CT molecular complexity index is 666. The van der Waals surface area contributed by atoms with Gasteiger partial charge in [0.15, 0.2) is 0 Å². The minimum Gasteiger partial charge on any atom is -0.350 e. The molecule has 1 fully saturated rings. The Morgan fingerprint density at radius 1 is 0.870 bits per heavy atom. The van der Waals surface area contributed by atoms with E-state index in [1.807, 2.05) is 36.4 Å². The molecule has 2 aromatic carbocycles. The SMILES string of the molecule is O=C(NC[C@@H](NC(=O)c1ccccc1)C1CC1)c1ccccc1. The van der Waals surface area contributed by atoms with Crippen LogP contribution >= 0.6 is 0 Å². The fourth-order valence-corrected chi connectivity index (χ4v) is 2.57. The molecule has 4 nitrogen and oxygen atoms in total. The highest BCUT2D eigenvalue weighted by molar-refractivity contribution is 5.95. The summed E-state index contributed by atoms with van der Waals surface area (Å²) >= 11 is 0. The first-order chi connectivity index (χ1) is 11.2. The van der Waals surface area contributed by atoms with Crippen LogP contribution in [0.3, 0.4) is 0 Å². The zero-order chi connectivity index (χ0) is 16.1. The Hall–Kier alpha value is -2.62. The predicted molar refractivity (Wildman–Crippen MR) is 89.2 cm³/mol. The molecule has 2 amide bonds. The fourth-order valence-electron chi connectivity index (χ4n) is 2.57. The maximum absolute atomic E-state index is 12.3. The van der Waals surface area contributed by atoms with E-state index < -0.39 is 0 Å². The van der Waals surface area contributed by atoms with Crippen molar-refractivity contribution in [2.45, 2.75) is 18.9 Å². The molecule has 2 aromatic rings. The highest BCUT2D eigenvalue weighted by Crippen LogP contribution is 2.32. The number of hydrogen-bond acceptors (Lipinski definition) is 2. The zero-order valence-electron chi connectivity index (χ0n) is 12.9. The first kappa shape index (κ1) is 15.3. The molecular weight excluding hydrogens is 288 g/mol. The van der Waals surface area contributed by atoms with Crippen molar-refractivity contribution in [3.8, 4) is 0 Å². The number of rotatable bonds is 6. The van der Waals surface area contributed by atoms with E-state index >= 15 is 0 Å². The van der Waals surface area contributed by atoms with E-state index in [0.29, 0.717) is 23.6 Å². The number of carbonyl (C=O) groups excluding carboxylic acids is 2. The van der Waals surface area contributed by atoms with Crippen LogP contribution in [0.15, 0.2) is 60.7 Å². The van der Waals surface area contributed by atoms with E-state index in [1.165, 1.54) is 0 Å². The molecule has 3 rings (SSSR count). The van der Waals surface area contributed by atoms with Crippen LogP contribution in [0.4, 0.5) is 0 Å². The van der Waals surface area contributed by atoms with Crippen LogP contribution < -0.4 is 10.6 Å². The van der Waals surface area contributed by atoms with Gasteiger partial charge in [-0.25, -0.2) is 0 Å². The van der Waals surface area contributed by atoms with Crippen molar-refractivity contribution in [1.29, 1.82) is 0 Å². The lowest BCUT2D eigenvalue weighted by atomic mass is 10.1. The summed E-state index contributed by atoms with van der Waals surface area (Å²) in [5.74, 6) is 0.264. The molecule has 0 aliphatic heterocycles. The Balaban J connectivity index is 1.57. The van der Waals surface area contributed by atoms with E-state index in [-0.39, 0.29) is 17.9 Å². The maximum Gasteiger partial charge on any atom is 0.251 e. The molecule has 0 heterocycles. The molecule has 0 aromatic heterocycles. The third kappa shape index (κ3) is 4.19. The summed E-state index contributed by atoms with van der Waals surface area (Å²) in [5.41, 5.74) is 1.28. The second-order valence-corrected chi connectivity index (χ2v) is 5.86. The Labute approximate surface area is 135 Å². The molecular formula is C19H20N2O2. The highest BCUT2D eigenvalue weighted by atomic mass is 16.2. The second kappa shape index (κ2) is 7.09. The van der Waals surface area contributed by atoms with Gasteiger partial charge in [0.2, 0.25) is 0 Å². The van der Waals surface area contributed by atoms with E-state index in [9.17, 15) is 9.59 Å². The molecule has 0 radical (unpaired) electrons. The summed E-state index contributed by atoms with van der Waals surface area (Å²) in [6.07, 6.45) is 2.20. The molecule has 0 saturated heterocycles. The fraction of sp³-hybridized carbons (Fsp3) is 0.263. The summed E-state index contributed by atoms with van der Waals surface area (Å²) in [7, 11) is 0. The Kier molecular flexibility index (Phi) is 4.71. The second-order valence-electron chi connectivity index (χ2n) is 5.86. The van der Waals surface area contributed by atoms with Crippen molar-refractivity contribution in [3.05, 3.63) is 71.8 Å². The first-order valence-electron chi connectivity index (χ1n) is 7.93. The molecule has 4 heteroatoms. The number of amides is 2. The van der Waals surface area contributed by atoms with Crippen molar-refractivity contribution in [2.75, 3.05) is 6.54 Å². The topological polar surface area (TPSA) is 58.2 Å². The minimum atomic E-state index is -0.106. The lowest BCUT2D eigenvalue weighted by molar-refractivity contribution is 0.0903. The van der Waals surface area contributed by atoms with Gasteiger partial charge >= 0.3 is 0 Å². The molecule has 1 atom stereocenters. The van der Waals surface area contributed by atoms with Crippen LogP contribution in [0.25, 0.3) is 0 Å². The van der Waals surface area contributed by atoms with Crippen molar-refractivity contribution in [1.82, 2.24) is 10.6 Å². The highest BCUT2D eigenvalue weighted by Gasteiger charge is 2.32. The minimum absolute atomic E-state index is 0.0182. The molecule has 1 aliphatic rings. The van der Waals surface area contributed by atoms with Gasteiger partial charge in [-0.2, -0.15) is 0 Å². The third-order valence-corrected chi connectivity index (χ3v) is 4.06. The van der Waals surface area contributed by atoms with Gasteiger partial charge in [0.05, 0.1) is 0 Å². The van der Waals surface area contributed by atoms with Gasteiger partial charge in [-0.3, -0.25) is 9.59 Å². The van der Waals surface area contributed by atoms with Crippen LogP contribution in [0.1, 0.15) is 33.6 Å². The molecule has 118 valence electrons. The van der Waals surface area contributed by atoms with Crippen LogP contribution in [-0.4, -0.2) is 24.4 Å². The number of carbonyl (C=O) groups is 2. The van der Waals surface area contributed by atoms with E-state index in [0.717, 1.165) is 12.8 Å². The van der Waals surface area contributed by atoms with E-state index in [1.54, 1.807) is 24.3 Å². The summed E-state index contributed by atoms with van der Waals surface area (Å²) in [4.78, 5) is 24.4. The Morgan fingerprint density at radius 3 is 1.91 bits per heavy atom.